The van der Waals surface area contributed by atoms with Gasteiger partial charge in [-0.3, -0.25) is 9.69 Å². The van der Waals surface area contributed by atoms with Crippen molar-refractivity contribution in [2.24, 2.45) is 0 Å². The highest BCUT2D eigenvalue weighted by molar-refractivity contribution is 6.68. The van der Waals surface area contributed by atoms with Crippen molar-refractivity contribution in [1.82, 2.24) is 10.2 Å². The van der Waals surface area contributed by atoms with Gasteiger partial charge in [0.2, 0.25) is 10.2 Å². The molecule has 1 aliphatic rings. The molecule has 0 spiro atoms. The van der Waals surface area contributed by atoms with Crippen molar-refractivity contribution in [3.63, 3.8) is 0 Å². The fourth-order valence-electron chi connectivity index (χ4n) is 4.51. The summed E-state index contributed by atoms with van der Waals surface area (Å²) in [4.78, 5) is 13.0. The molecule has 1 aliphatic heterocycles. The zero-order chi connectivity index (χ0) is 28.4. The number of ether oxygens (including phenoxy) is 1. The summed E-state index contributed by atoms with van der Waals surface area (Å²) in [6, 6.07) is 4.78. The Balaban J connectivity index is 0.000000389. The van der Waals surface area contributed by atoms with E-state index in [2.05, 4.69) is 36.3 Å². The maximum absolute atomic E-state index is 10.4. The molecular weight excluding hydrogens is 588 g/mol. The number of benzene rings is 1. The molecule has 1 amide bonds. The minimum absolute atomic E-state index is 0.353. The lowest BCUT2D eigenvalue weighted by Crippen LogP contribution is -2.45. The van der Waals surface area contributed by atoms with E-state index in [-0.39, 0.29) is 0 Å². The van der Waals surface area contributed by atoms with Crippen molar-refractivity contribution in [3.8, 4) is 0 Å². The van der Waals surface area contributed by atoms with Crippen molar-refractivity contribution in [2.75, 3.05) is 25.0 Å². The zero-order valence-corrected chi connectivity index (χ0v) is 26.9. The molecule has 3 atom stereocenters. The first-order valence-corrected chi connectivity index (χ1v) is 15.8. The largest absolute Gasteiger partial charge is 0.373 e. The molecule has 1 saturated heterocycles. The summed E-state index contributed by atoms with van der Waals surface area (Å²) in [5, 5.41) is 5.91. The monoisotopic (exact) mass is 631 g/mol. The van der Waals surface area contributed by atoms with E-state index in [9.17, 15) is 4.79 Å². The third kappa shape index (κ3) is 16.8. The number of carbonyl (C=O) groups is 1. The third-order valence-corrected chi connectivity index (χ3v) is 7.76. The van der Waals surface area contributed by atoms with E-state index in [0.717, 1.165) is 13.1 Å². The molecule has 1 aromatic carbocycles. The van der Waals surface area contributed by atoms with E-state index >= 15 is 0 Å². The van der Waals surface area contributed by atoms with Gasteiger partial charge in [-0.05, 0) is 45.0 Å². The molecule has 0 radical (unpaired) electrons. The van der Waals surface area contributed by atoms with Gasteiger partial charge in [0.1, 0.15) is 6.17 Å². The first-order chi connectivity index (χ1) is 18.1. The number of nitrogens with zero attached hydrogens (tertiary/aromatic N) is 1. The highest BCUT2D eigenvalue weighted by atomic mass is 35.6. The second-order valence-electron chi connectivity index (χ2n) is 10.1. The minimum atomic E-state index is -1.70. The molecule has 3 unspecified atom stereocenters. The predicted octanol–water partition coefficient (Wildman–Crippen LogP) is 9.25. The van der Waals surface area contributed by atoms with E-state index < -0.39 is 9.96 Å². The zero-order valence-electron chi connectivity index (χ0n) is 23.1. The van der Waals surface area contributed by atoms with Crippen molar-refractivity contribution in [1.29, 1.82) is 0 Å². The van der Waals surface area contributed by atoms with Crippen LogP contribution >= 0.6 is 58.0 Å². The fourth-order valence-corrected chi connectivity index (χ4v) is 5.16. The van der Waals surface area contributed by atoms with Gasteiger partial charge in [0.25, 0.3) is 0 Å². The van der Waals surface area contributed by atoms with Gasteiger partial charge in [0.15, 0.2) is 0 Å². The molecule has 0 aromatic heterocycles. The molecule has 5 nitrogen and oxygen atoms in total. The van der Waals surface area contributed by atoms with Crippen LogP contribution in [0.3, 0.4) is 0 Å². The van der Waals surface area contributed by atoms with Crippen LogP contribution in [0.25, 0.3) is 0 Å². The number of rotatable bonds is 16. The van der Waals surface area contributed by atoms with Crippen molar-refractivity contribution >= 4 is 70.1 Å². The molecule has 0 aliphatic carbocycles. The van der Waals surface area contributed by atoms with Crippen LogP contribution in [-0.2, 0) is 9.53 Å². The molecule has 10 heteroatoms. The lowest BCUT2D eigenvalue weighted by molar-refractivity contribution is -0.110. The number of carbonyl (C=O) groups excluding carboxylic acids is 1. The second-order valence-corrected chi connectivity index (χ2v) is 13.3. The van der Waals surface area contributed by atoms with Gasteiger partial charge in [0, 0.05) is 18.8 Å². The number of hydrogen-bond donors (Lipinski definition) is 2. The maximum atomic E-state index is 10.4. The van der Waals surface area contributed by atoms with Crippen LogP contribution in [-0.4, -0.2) is 53.1 Å². The van der Waals surface area contributed by atoms with Gasteiger partial charge < -0.3 is 15.4 Å². The summed E-state index contributed by atoms with van der Waals surface area (Å²) in [5.74, 6) is 0. The molecule has 0 bridgehead atoms. The number of anilines is 1. The van der Waals surface area contributed by atoms with Crippen molar-refractivity contribution in [3.05, 3.63) is 28.2 Å². The average Bonchev–Trinajstić information content (AvgIpc) is 2.84. The Hall–Kier alpha value is -0.140. The van der Waals surface area contributed by atoms with E-state index in [1.165, 1.54) is 77.2 Å². The summed E-state index contributed by atoms with van der Waals surface area (Å²) in [5.41, 5.74) is 0.560. The highest BCUT2D eigenvalue weighted by Crippen LogP contribution is 2.32. The number of nitrogens with one attached hydrogen (secondary N) is 2. The predicted molar refractivity (Wildman–Crippen MR) is 166 cm³/mol. The molecule has 38 heavy (non-hydrogen) atoms. The van der Waals surface area contributed by atoms with Crippen LogP contribution < -0.4 is 10.6 Å². The molecule has 1 heterocycles. The maximum Gasteiger partial charge on any atom is 0.228 e. The Morgan fingerprint density at radius 2 is 1.45 bits per heavy atom. The van der Waals surface area contributed by atoms with E-state index in [1.54, 1.807) is 18.2 Å². The molecule has 220 valence electrons. The Bertz CT molecular complexity index is 756. The van der Waals surface area contributed by atoms with E-state index in [1.807, 2.05) is 0 Å². The topological polar surface area (TPSA) is 53.6 Å². The number of alkyl halides is 3. The van der Waals surface area contributed by atoms with Gasteiger partial charge >= 0.3 is 0 Å². The standard InChI is InChI=1S/C19H39NO.C9H7Cl5N2O/c1-4-5-6-7-8-9-10-11-12-13-14-15-20-16-18(2)21-19(3)17-20;10-6-2-1-5(3-7(6)11)16-8(15-4-17)9(12,13)14/h18-19H,4-17H2,1-3H3;1-4,8,16H,(H,15,17). The van der Waals surface area contributed by atoms with Crippen LogP contribution in [0.15, 0.2) is 18.2 Å². The summed E-state index contributed by atoms with van der Waals surface area (Å²) >= 11 is 28.6. The molecular formula is C28H46Cl5N3O2. The normalized spacial score (nSPS) is 18.8. The summed E-state index contributed by atoms with van der Waals surface area (Å²) in [6.45, 7) is 10.2. The Morgan fingerprint density at radius 3 is 1.92 bits per heavy atom. The summed E-state index contributed by atoms with van der Waals surface area (Å²) in [7, 11) is 0. The first kappa shape index (κ1) is 35.9. The highest BCUT2D eigenvalue weighted by Gasteiger charge is 2.32. The van der Waals surface area contributed by atoms with Gasteiger partial charge in [-0.25, -0.2) is 0 Å². The van der Waals surface area contributed by atoms with Gasteiger partial charge in [-0.1, -0.05) is 129 Å². The molecule has 1 fully saturated rings. The summed E-state index contributed by atoms with van der Waals surface area (Å²) < 4.78 is 4.08. The van der Waals surface area contributed by atoms with Crippen LogP contribution in [0, 0.1) is 0 Å². The Labute approximate surface area is 255 Å². The van der Waals surface area contributed by atoms with Gasteiger partial charge in [-0.2, -0.15) is 0 Å². The fraction of sp³-hybridized carbons (Fsp3) is 0.750. The first-order valence-electron chi connectivity index (χ1n) is 13.9. The smallest absolute Gasteiger partial charge is 0.228 e. The van der Waals surface area contributed by atoms with E-state index in [4.69, 9.17) is 62.7 Å². The molecule has 0 saturated carbocycles. The minimum Gasteiger partial charge on any atom is -0.373 e. The quantitative estimate of drug-likeness (QED) is 0.0825. The third-order valence-electron chi connectivity index (χ3n) is 6.37. The molecule has 1 aromatic rings. The number of unbranched alkanes of at least 4 members (excludes halogenated alkanes) is 10. The lowest BCUT2D eigenvalue weighted by atomic mass is 10.1. The van der Waals surface area contributed by atoms with Crippen LogP contribution in [0.2, 0.25) is 10.0 Å². The van der Waals surface area contributed by atoms with Crippen LogP contribution in [0.5, 0.6) is 0 Å². The number of hydrogen-bond acceptors (Lipinski definition) is 4. The summed E-state index contributed by atoms with van der Waals surface area (Å²) in [6.07, 6.45) is 16.1. The Kier molecular flexibility index (Phi) is 19.5. The van der Waals surface area contributed by atoms with Crippen LogP contribution in [0.1, 0.15) is 91.4 Å². The Morgan fingerprint density at radius 1 is 0.921 bits per heavy atom. The van der Waals surface area contributed by atoms with Gasteiger partial charge in [-0.15, -0.1) is 0 Å². The lowest BCUT2D eigenvalue weighted by Gasteiger charge is -2.35. The van der Waals surface area contributed by atoms with Crippen LogP contribution in [0.4, 0.5) is 5.69 Å². The second kappa shape index (κ2) is 20.7. The van der Waals surface area contributed by atoms with Crippen molar-refractivity contribution < 1.29 is 9.53 Å². The number of morpholine rings is 1. The van der Waals surface area contributed by atoms with Crippen molar-refractivity contribution in [2.45, 2.75) is 114 Å². The number of halogens is 5. The van der Waals surface area contributed by atoms with E-state index in [0.29, 0.717) is 34.4 Å². The van der Waals surface area contributed by atoms with Gasteiger partial charge in [0.05, 0.1) is 22.3 Å². The SMILES string of the molecule is CCCCCCCCCCCCCN1CC(C)OC(C)C1.O=CNC(Nc1ccc(Cl)c(Cl)c1)C(Cl)(Cl)Cl. The molecule has 2 rings (SSSR count). The number of amides is 1. The average molecular weight is 634 g/mol. The molecule has 2 N–H and O–H groups in total.